The molecular formula is C16H24IN5S. The van der Waals surface area contributed by atoms with Crippen LogP contribution in [0.1, 0.15) is 28.2 Å². The monoisotopic (exact) mass is 445 g/mol. The van der Waals surface area contributed by atoms with E-state index in [1.54, 1.807) is 17.5 Å². The fourth-order valence-corrected chi connectivity index (χ4v) is 2.86. The number of rotatable bonds is 6. The summed E-state index contributed by atoms with van der Waals surface area (Å²) in [5.41, 5.74) is 2.10. The first-order valence-corrected chi connectivity index (χ1v) is 8.35. The predicted molar refractivity (Wildman–Crippen MR) is 108 cm³/mol. The SMILES string of the molecule is CCNC(=NCc1ccccn1)NCCc1nc(C)c(C)s1.I. The van der Waals surface area contributed by atoms with Crippen molar-refractivity contribution >= 4 is 41.3 Å². The molecule has 23 heavy (non-hydrogen) atoms. The highest BCUT2D eigenvalue weighted by Gasteiger charge is 2.04. The topological polar surface area (TPSA) is 62.2 Å². The molecule has 7 heteroatoms. The van der Waals surface area contributed by atoms with Gasteiger partial charge in [0.05, 0.1) is 22.9 Å². The van der Waals surface area contributed by atoms with Crippen LogP contribution in [0.5, 0.6) is 0 Å². The van der Waals surface area contributed by atoms with E-state index in [1.807, 2.05) is 18.2 Å². The zero-order valence-electron chi connectivity index (χ0n) is 13.8. The van der Waals surface area contributed by atoms with Crippen molar-refractivity contribution < 1.29 is 0 Å². The highest BCUT2D eigenvalue weighted by atomic mass is 127. The third-order valence-corrected chi connectivity index (χ3v) is 4.31. The van der Waals surface area contributed by atoms with Gasteiger partial charge in [-0.1, -0.05) is 6.07 Å². The van der Waals surface area contributed by atoms with Crippen molar-refractivity contribution in [1.29, 1.82) is 0 Å². The smallest absolute Gasteiger partial charge is 0.191 e. The molecule has 0 unspecified atom stereocenters. The number of halogens is 1. The number of aromatic nitrogens is 2. The first-order chi connectivity index (χ1) is 10.7. The van der Waals surface area contributed by atoms with Gasteiger partial charge in [-0.15, -0.1) is 35.3 Å². The van der Waals surface area contributed by atoms with Crippen LogP contribution in [0.15, 0.2) is 29.4 Å². The van der Waals surface area contributed by atoms with Crippen molar-refractivity contribution in [3.63, 3.8) is 0 Å². The van der Waals surface area contributed by atoms with Crippen molar-refractivity contribution in [2.24, 2.45) is 4.99 Å². The number of aliphatic imine (C=N–C) groups is 1. The lowest BCUT2D eigenvalue weighted by Crippen LogP contribution is -2.38. The van der Waals surface area contributed by atoms with Crippen LogP contribution in [-0.2, 0) is 13.0 Å². The van der Waals surface area contributed by atoms with E-state index in [2.05, 4.69) is 46.4 Å². The largest absolute Gasteiger partial charge is 0.357 e. The van der Waals surface area contributed by atoms with Gasteiger partial charge in [0.1, 0.15) is 0 Å². The lowest BCUT2D eigenvalue weighted by molar-refractivity contribution is 0.792. The number of thiazole rings is 1. The first kappa shape index (κ1) is 19.8. The molecule has 0 aliphatic rings. The fraction of sp³-hybridized carbons (Fsp3) is 0.438. The molecule has 0 saturated heterocycles. The summed E-state index contributed by atoms with van der Waals surface area (Å²) >= 11 is 1.77. The minimum Gasteiger partial charge on any atom is -0.357 e. The molecule has 0 saturated carbocycles. The normalized spacial score (nSPS) is 11.0. The Balaban J connectivity index is 0.00000264. The lowest BCUT2D eigenvalue weighted by atomic mass is 10.3. The molecule has 0 radical (unpaired) electrons. The van der Waals surface area contributed by atoms with Gasteiger partial charge in [0.15, 0.2) is 5.96 Å². The molecule has 2 aromatic heterocycles. The van der Waals surface area contributed by atoms with Gasteiger partial charge in [0.25, 0.3) is 0 Å². The zero-order chi connectivity index (χ0) is 15.8. The Labute approximate surface area is 159 Å². The second kappa shape index (κ2) is 10.5. The zero-order valence-corrected chi connectivity index (χ0v) is 16.9. The number of aryl methyl sites for hydroxylation is 2. The van der Waals surface area contributed by atoms with Crippen LogP contribution in [0.3, 0.4) is 0 Å². The highest BCUT2D eigenvalue weighted by molar-refractivity contribution is 14.0. The fourth-order valence-electron chi connectivity index (χ4n) is 1.93. The van der Waals surface area contributed by atoms with E-state index < -0.39 is 0 Å². The molecular weight excluding hydrogens is 421 g/mol. The summed E-state index contributed by atoms with van der Waals surface area (Å²) in [6.07, 6.45) is 2.70. The van der Waals surface area contributed by atoms with Gasteiger partial charge in [-0.05, 0) is 32.9 Å². The quantitative estimate of drug-likeness (QED) is 0.408. The number of hydrogen-bond acceptors (Lipinski definition) is 4. The number of nitrogens with zero attached hydrogens (tertiary/aromatic N) is 3. The molecule has 2 N–H and O–H groups in total. The van der Waals surface area contributed by atoms with Crippen molar-refractivity contribution in [1.82, 2.24) is 20.6 Å². The summed E-state index contributed by atoms with van der Waals surface area (Å²) < 4.78 is 0. The maximum absolute atomic E-state index is 4.55. The molecule has 0 aromatic carbocycles. The van der Waals surface area contributed by atoms with Crippen molar-refractivity contribution in [2.75, 3.05) is 13.1 Å². The highest BCUT2D eigenvalue weighted by Crippen LogP contribution is 2.16. The van der Waals surface area contributed by atoms with Gasteiger partial charge in [-0.2, -0.15) is 0 Å². The Bertz CT molecular complexity index is 593. The maximum Gasteiger partial charge on any atom is 0.191 e. The second-order valence-corrected chi connectivity index (χ2v) is 6.23. The first-order valence-electron chi connectivity index (χ1n) is 7.54. The van der Waals surface area contributed by atoms with E-state index in [4.69, 9.17) is 0 Å². The predicted octanol–water partition coefficient (Wildman–Crippen LogP) is 3.07. The van der Waals surface area contributed by atoms with Gasteiger partial charge < -0.3 is 10.6 Å². The van der Waals surface area contributed by atoms with Crippen molar-refractivity contribution in [3.8, 4) is 0 Å². The van der Waals surface area contributed by atoms with Crippen LogP contribution in [-0.4, -0.2) is 29.0 Å². The van der Waals surface area contributed by atoms with E-state index in [1.165, 1.54) is 9.88 Å². The molecule has 0 aliphatic carbocycles. The van der Waals surface area contributed by atoms with E-state index in [0.717, 1.165) is 36.9 Å². The number of hydrogen-bond donors (Lipinski definition) is 2. The Morgan fingerprint density at radius 2 is 2.09 bits per heavy atom. The lowest BCUT2D eigenvalue weighted by Gasteiger charge is -2.10. The van der Waals surface area contributed by atoms with Crippen LogP contribution in [0.25, 0.3) is 0 Å². The van der Waals surface area contributed by atoms with Crippen LogP contribution in [0, 0.1) is 13.8 Å². The van der Waals surface area contributed by atoms with Gasteiger partial charge >= 0.3 is 0 Å². The molecule has 2 aromatic rings. The third kappa shape index (κ3) is 6.82. The van der Waals surface area contributed by atoms with Crippen LogP contribution < -0.4 is 10.6 Å². The van der Waals surface area contributed by atoms with Gasteiger partial charge in [0, 0.05) is 30.6 Å². The molecule has 0 aliphatic heterocycles. The van der Waals surface area contributed by atoms with Crippen molar-refractivity contribution in [2.45, 2.75) is 33.7 Å². The molecule has 0 bridgehead atoms. The third-order valence-electron chi connectivity index (χ3n) is 3.17. The van der Waals surface area contributed by atoms with Crippen molar-refractivity contribution in [3.05, 3.63) is 45.7 Å². The van der Waals surface area contributed by atoms with Crippen LogP contribution in [0.2, 0.25) is 0 Å². The molecule has 2 rings (SSSR count). The van der Waals surface area contributed by atoms with E-state index in [-0.39, 0.29) is 24.0 Å². The molecule has 5 nitrogen and oxygen atoms in total. The summed E-state index contributed by atoms with van der Waals surface area (Å²) in [7, 11) is 0. The van der Waals surface area contributed by atoms with E-state index in [9.17, 15) is 0 Å². The summed E-state index contributed by atoms with van der Waals surface area (Å²) in [5.74, 6) is 0.818. The summed E-state index contributed by atoms with van der Waals surface area (Å²) in [6.45, 7) is 8.46. The Hall–Kier alpha value is -1.22. The van der Waals surface area contributed by atoms with Gasteiger partial charge in [-0.25, -0.2) is 9.98 Å². The molecule has 0 atom stereocenters. The van der Waals surface area contributed by atoms with Gasteiger partial charge in [0.2, 0.25) is 0 Å². The number of nitrogens with one attached hydrogen (secondary N) is 2. The molecule has 0 fully saturated rings. The number of guanidine groups is 1. The molecule has 0 amide bonds. The molecule has 126 valence electrons. The summed E-state index contributed by atoms with van der Waals surface area (Å²) in [6, 6.07) is 5.87. The second-order valence-electron chi connectivity index (χ2n) is 4.94. The maximum atomic E-state index is 4.55. The average Bonchev–Trinajstić information content (AvgIpc) is 2.84. The summed E-state index contributed by atoms with van der Waals surface area (Å²) in [5, 5.41) is 7.77. The Morgan fingerprint density at radius 1 is 1.26 bits per heavy atom. The molecule has 2 heterocycles. The molecule has 0 spiro atoms. The summed E-state index contributed by atoms with van der Waals surface area (Å²) in [4.78, 5) is 14.7. The minimum atomic E-state index is 0. The average molecular weight is 445 g/mol. The van der Waals surface area contributed by atoms with Gasteiger partial charge in [-0.3, -0.25) is 4.98 Å². The number of pyridine rings is 1. The Morgan fingerprint density at radius 3 is 2.70 bits per heavy atom. The van der Waals surface area contributed by atoms with Crippen LogP contribution in [0.4, 0.5) is 0 Å². The minimum absolute atomic E-state index is 0. The Kier molecular flexibility index (Phi) is 9.08. The standard InChI is InChI=1S/C16H23N5S.HI/c1-4-17-16(20-11-14-7-5-6-9-18-14)19-10-8-15-21-12(2)13(3)22-15;/h5-7,9H,4,8,10-11H2,1-3H3,(H2,17,19,20);1H. The van der Waals surface area contributed by atoms with E-state index >= 15 is 0 Å². The van der Waals surface area contributed by atoms with E-state index in [0.29, 0.717) is 6.54 Å². The van der Waals surface area contributed by atoms with Crippen LogP contribution >= 0.6 is 35.3 Å².